The summed E-state index contributed by atoms with van der Waals surface area (Å²) in [5.74, 6) is -0.345. The monoisotopic (exact) mass is 421 g/mol. The van der Waals surface area contributed by atoms with E-state index in [1.165, 1.54) is 12.1 Å². The fourth-order valence-corrected chi connectivity index (χ4v) is 4.03. The van der Waals surface area contributed by atoms with E-state index in [4.69, 9.17) is 0 Å². The number of nitrogens with zero attached hydrogens (tertiary/aromatic N) is 1. The van der Waals surface area contributed by atoms with Crippen molar-refractivity contribution in [3.05, 3.63) is 90.4 Å². The van der Waals surface area contributed by atoms with E-state index < -0.39 is 9.84 Å². The lowest BCUT2D eigenvalue weighted by atomic mass is 9.99. The highest BCUT2D eigenvalue weighted by molar-refractivity contribution is 7.90. The second-order valence-corrected chi connectivity index (χ2v) is 9.27. The maximum Gasteiger partial charge on any atom is 0.204 e. The molecular formula is C24H20FNO3S. The smallest absolute Gasteiger partial charge is 0.204 e. The van der Waals surface area contributed by atoms with Crippen molar-refractivity contribution < 1.29 is 17.9 Å². The average molecular weight is 421 g/mol. The molecule has 1 aromatic heterocycles. The molecule has 0 radical (unpaired) electrons. The van der Waals surface area contributed by atoms with Crippen LogP contribution in [0.25, 0.3) is 27.9 Å². The van der Waals surface area contributed by atoms with Crippen LogP contribution >= 0.6 is 0 Å². The Kier molecular flexibility index (Phi) is 4.95. The highest BCUT2D eigenvalue weighted by atomic mass is 32.2. The van der Waals surface area contributed by atoms with Crippen LogP contribution in [0, 0.1) is 12.7 Å². The van der Waals surface area contributed by atoms with Crippen LogP contribution in [0.4, 0.5) is 4.39 Å². The zero-order valence-electron chi connectivity index (χ0n) is 16.5. The molecule has 0 fully saturated rings. The highest BCUT2D eigenvalue weighted by Crippen LogP contribution is 2.42. The number of aromatic hydroxyl groups is 1. The van der Waals surface area contributed by atoms with Crippen LogP contribution in [0.3, 0.4) is 0 Å². The molecule has 4 nitrogen and oxygen atoms in total. The molecule has 0 saturated carbocycles. The number of halogens is 1. The second kappa shape index (κ2) is 7.46. The number of sulfone groups is 1. The summed E-state index contributed by atoms with van der Waals surface area (Å²) in [4.78, 5) is 0.219. The third-order valence-corrected chi connectivity index (χ3v) is 6.15. The maximum absolute atomic E-state index is 13.5. The normalized spacial score (nSPS) is 11.6. The Morgan fingerprint density at radius 1 is 0.833 bits per heavy atom. The molecule has 0 aliphatic heterocycles. The van der Waals surface area contributed by atoms with Gasteiger partial charge in [0.1, 0.15) is 5.82 Å². The highest BCUT2D eigenvalue weighted by Gasteiger charge is 2.20. The molecule has 4 rings (SSSR count). The lowest BCUT2D eigenvalue weighted by Gasteiger charge is -2.07. The van der Waals surface area contributed by atoms with E-state index in [0.29, 0.717) is 16.7 Å². The molecule has 1 N–H and O–H groups in total. The summed E-state index contributed by atoms with van der Waals surface area (Å²) in [5, 5.41) is 11.1. The first kappa shape index (κ1) is 19.9. The molecule has 0 amide bonds. The van der Waals surface area contributed by atoms with Gasteiger partial charge >= 0.3 is 0 Å². The Morgan fingerprint density at radius 2 is 1.40 bits per heavy atom. The average Bonchev–Trinajstić information content (AvgIpc) is 3.06. The van der Waals surface area contributed by atoms with E-state index in [1.807, 2.05) is 31.2 Å². The summed E-state index contributed by atoms with van der Waals surface area (Å²) in [7, 11) is -3.32. The van der Waals surface area contributed by atoms with E-state index in [0.717, 1.165) is 23.1 Å². The molecule has 0 spiro atoms. The van der Waals surface area contributed by atoms with Crippen LogP contribution in [-0.4, -0.2) is 24.3 Å². The van der Waals surface area contributed by atoms with E-state index in [-0.39, 0.29) is 16.6 Å². The fourth-order valence-electron chi connectivity index (χ4n) is 3.40. The van der Waals surface area contributed by atoms with Gasteiger partial charge in [0, 0.05) is 23.7 Å². The van der Waals surface area contributed by atoms with Crippen LogP contribution in [0.1, 0.15) is 5.56 Å². The molecule has 0 saturated heterocycles. The predicted octanol–water partition coefficient (Wildman–Crippen LogP) is 5.37. The van der Waals surface area contributed by atoms with Gasteiger partial charge in [-0.2, -0.15) is 0 Å². The van der Waals surface area contributed by atoms with Crippen LogP contribution < -0.4 is 0 Å². The largest absolute Gasteiger partial charge is 0.494 e. The zero-order valence-corrected chi connectivity index (χ0v) is 17.3. The quantitative estimate of drug-likeness (QED) is 0.482. The van der Waals surface area contributed by atoms with E-state index in [2.05, 4.69) is 0 Å². The molecule has 0 unspecified atom stereocenters. The van der Waals surface area contributed by atoms with Gasteiger partial charge in [-0.1, -0.05) is 42.0 Å². The number of aryl methyl sites for hydroxylation is 1. The number of hydrogen-bond acceptors (Lipinski definition) is 3. The molecule has 0 atom stereocenters. The van der Waals surface area contributed by atoms with Crippen molar-refractivity contribution >= 4 is 9.84 Å². The van der Waals surface area contributed by atoms with E-state index in [1.54, 1.807) is 47.2 Å². The summed E-state index contributed by atoms with van der Waals surface area (Å²) in [6.45, 7) is 1.98. The number of rotatable bonds is 4. The Labute approximate surface area is 174 Å². The molecule has 152 valence electrons. The van der Waals surface area contributed by atoms with Gasteiger partial charge in [-0.25, -0.2) is 12.8 Å². The predicted molar refractivity (Wildman–Crippen MR) is 116 cm³/mol. The first-order valence-electron chi connectivity index (χ1n) is 9.32. The number of aromatic nitrogens is 1. The van der Waals surface area contributed by atoms with Gasteiger partial charge in [-0.05, 0) is 54.4 Å². The van der Waals surface area contributed by atoms with Gasteiger partial charge in [-0.15, -0.1) is 0 Å². The van der Waals surface area contributed by atoms with Gasteiger partial charge < -0.3 is 5.11 Å². The van der Waals surface area contributed by atoms with Gasteiger partial charge in [-0.3, -0.25) is 4.57 Å². The summed E-state index contributed by atoms with van der Waals surface area (Å²) in [6, 6.07) is 20.1. The van der Waals surface area contributed by atoms with Crippen LogP contribution in [0.5, 0.6) is 5.88 Å². The van der Waals surface area contributed by atoms with Gasteiger partial charge in [0.15, 0.2) is 9.84 Å². The van der Waals surface area contributed by atoms with Crippen molar-refractivity contribution in [3.63, 3.8) is 0 Å². The Balaban J connectivity index is 1.93. The summed E-state index contributed by atoms with van der Waals surface area (Å²) < 4.78 is 38.7. The van der Waals surface area contributed by atoms with Crippen molar-refractivity contribution in [2.24, 2.45) is 0 Å². The molecule has 0 bridgehead atoms. The SMILES string of the molecule is Cc1ccc(-n2cc(-c3ccc(S(C)(=O)=O)cc3)c(-c3ccc(F)cc3)c2O)cc1. The summed E-state index contributed by atoms with van der Waals surface area (Å²) in [6.07, 6.45) is 2.96. The van der Waals surface area contributed by atoms with Crippen LogP contribution in [0.2, 0.25) is 0 Å². The molecule has 0 aliphatic rings. The standard InChI is InChI=1S/C24H20FNO3S/c1-16-3-11-20(12-4-16)26-15-22(17-7-13-21(14-8-17)30(2,28)29)23(24(26)27)18-5-9-19(25)10-6-18/h3-15,27H,1-2H3. The minimum Gasteiger partial charge on any atom is -0.494 e. The zero-order chi connectivity index (χ0) is 21.5. The van der Waals surface area contributed by atoms with Crippen LogP contribution in [-0.2, 0) is 9.84 Å². The van der Waals surface area contributed by atoms with E-state index in [9.17, 15) is 17.9 Å². The number of benzene rings is 3. The summed E-state index contributed by atoms with van der Waals surface area (Å²) in [5.41, 5.74) is 4.52. The third-order valence-electron chi connectivity index (χ3n) is 5.02. The molecule has 6 heteroatoms. The van der Waals surface area contributed by atoms with E-state index >= 15 is 0 Å². The molecule has 4 aromatic rings. The van der Waals surface area contributed by atoms with Crippen molar-refractivity contribution in [1.82, 2.24) is 4.57 Å². The molecule has 3 aromatic carbocycles. The molecule has 0 aliphatic carbocycles. The van der Waals surface area contributed by atoms with Crippen LogP contribution in [0.15, 0.2) is 83.9 Å². The Hall–Kier alpha value is -3.38. The van der Waals surface area contributed by atoms with Gasteiger partial charge in [0.2, 0.25) is 5.88 Å². The maximum atomic E-state index is 13.5. The van der Waals surface area contributed by atoms with Crippen molar-refractivity contribution in [2.45, 2.75) is 11.8 Å². The van der Waals surface area contributed by atoms with Crippen molar-refractivity contribution in [2.75, 3.05) is 6.26 Å². The first-order chi connectivity index (χ1) is 14.2. The summed E-state index contributed by atoms with van der Waals surface area (Å²) >= 11 is 0. The number of hydrogen-bond donors (Lipinski definition) is 1. The molecule has 1 heterocycles. The Bertz CT molecular complexity index is 1300. The fraction of sp³-hybridized carbons (Fsp3) is 0.0833. The lowest BCUT2D eigenvalue weighted by molar-refractivity contribution is 0.445. The second-order valence-electron chi connectivity index (χ2n) is 7.25. The first-order valence-corrected chi connectivity index (χ1v) is 11.2. The molecule has 30 heavy (non-hydrogen) atoms. The minimum absolute atomic E-state index is 0.0210. The van der Waals surface area contributed by atoms with Gasteiger partial charge in [0.05, 0.1) is 10.5 Å². The van der Waals surface area contributed by atoms with Gasteiger partial charge in [0.25, 0.3) is 0 Å². The topological polar surface area (TPSA) is 59.3 Å². The third kappa shape index (κ3) is 3.74. The lowest BCUT2D eigenvalue weighted by Crippen LogP contribution is -1.96. The van der Waals surface area contributed by atoms with Crippen molar-refractivity contribution in [1.29, 1.82) is 0 Å². The van der Waals surface area contributed by atoms with Crippen molar-refractivity contribution in [3.8, 4) is 33.8 Å². The molecular weight excluding hydrogens is 401 g/mol. The Morgan fingerprint density at radius 3 is 1.97 bits per heavy atom. The minimum atomic E-state index is -3.32.